The first-order valence-corrected chi connectivity index (χ1v) is 9.66. The average molecular weight is 377 g/mol. The Balaban J connectivity index is 2.30. The zero-order chi connectivity index (χ0) is 18.9. The second-order valence-corrected chi connectivity index (χ2v) is 7.91. The Morgan fingerprint density at radius 1 is 1.00 bits per heavy atom. The minimum absolute atomic E-state index is 0.00397. The third-order valence-corrected chi connectivity index (χ3v) is 5.94. The summed E-state index contributed by atoms with van der Waals surface area (Å²) in [4.78, 5) is 12.1. The lowest BCUT2D eigenvalue weighted by atomic mass is 10.2. The summed E-state index contributed by atoms with van der Waals surface area (Å²) < 4.78 is 54.2. The SMILES string of the molecule is CCCCn1cc(S(=O)(=O)c2ccc(F)cc2)c(=O)c2cc(F)ccc21. The molecule has 136 valence electrons. The maximum atomic E-state index is 13.7. The number of nitrogens with zero attached hydrogens (tertiary/aromatic N) is 1. The molecule has 0 N–H and O–H groups in total. The molecule has 1 aromatic heterocycles. The van der Waals surface area contributed by atoms with E-state index in [-0.39, 0.29) is 10.3 Å². The molecule has 0 aliphatic carbocycles. The monoisotopic (exact) mass is 377 g/mol. The highest BCUT2D eigenvalue weighted by Crippen LogP contribution is 2.22. The molecule has 3 aromatic rings. The van der Waals surface area contributed by atoms with Gasteiger partial charge in [0, 0.05) is 18.1 Å². The highest BCUT2D eigenvalue weighted by atomic mass is 32.2. The van der Waals surface area contributed by atoms with Gasteiger partial charge in [0.25, 0.3) is 0 Å². The number of halogens is 2. The predicted molar refractivity (Wildman–Crippen MR) is 94.9 cm³/mol. The van der Waals surface area contributed by atoms with E-state index in [4.69, 9.17) is 0 Å². The minimum atomic E-state index is -4.16. The molecular weight excluding hydrogens is 360 g/mol. The van der Waals surface area contributed by atoms with Gasteiger partial charge in [0.15, 0.2) is 0 Å². The Hall–Kier alpha value is -2.54. The minimum Gasteiger partial charge on any atom is -0.346 e. The summed E-state index contributed by atoms with van der Waals surface area (Å²) in [5.74, 6) is -1.20. The van der Waals surface area contributed by atoms with E-state index in [2.05, 4.69) is 0 Å². The lowest BCUT2D eigenvalue weighted by Crippen LogP contribution is -2.19. The topological polar surface area (TPSA) is 56.1 Å². The van der Waals surface area contributed by atoms with Crippen LogP contribution in [0.5, 0.6) is 0 Å². The zero-order valence-corrected chi connectivity index (χ0v) is 14.9. The van der Waals surface area contributed by atoms with E-state index in [1.165, 1.54) is 18.3 Å². The molecule has 0 atom stereocenters. The Kier molecular flexibility index (Phi) is 4.91. The highest BCUT2D eigenvalue weighted by molar-refractivity contribution is 7.91. The second kappa shape index (κ2) is 6.99. The summed E-state index contributed by atoms with van der Waals surface area (Å²) in [6.45, 7) is 2.48. The quantitative estimate of drug-likeness (QED) is 0.634. The first-order valence-electron chi connectivity index (χ1n) is 8.18. The smallest absolute Gasteiger partial charge is 0.211 e. The maximum absolute atomic E-state index is 13.7. The van der Waals surface area contributed by atoms with Gasteiger partial charge in [-0.2, -0.15) is 0 Å². The molecule has 0 fully saturated rings. The van der Waals surface area contributed by atoms with E-state index in [1.54, 1.807) is 4.57 Å². The number of sulfone groups is 1. The van der Waals surface area contributed by atoms with Crippen LogP contribution in [0.4, 0.5) is 8.78 Å². The standard InChI is InChI=1S/C19H17F2NO3S/c1-2-3-10-22-12-18(19(23)16-11-14(21)6-9-17(16)22)26(24,25)15-7-4-13(20)5-8-15/h4-9,11-12H,2-3,10H2,1H3. The normalized spacial score (nSPS) is 11.8. The van der Waals surface area contributed by atoms with Crippen LogP contribution in [0.25, 0.3) is 10.9 Å². The van der Waals surface area contributed by atoms with Crippen molar-refractivity contribution in [3.63, 3.8) is 0 Å². The van der Waals surface area contributed by atoms with Gasteiger partial charge in [-0.15, -0.1) is 0 Å². The van der Waals surface area contributed by atoms with Crippen LogP contribution < -0.4 is 5.43 Å². The van der Waals surface area contributed by atoms with Gasteiger partial charge in [0.05, 0.1) is 10.4 Å². The van der Waals surface area contributed by atoms with Gasteiger partial charge in [0.1, 0.15) is 16.5 Å². The Morgan fingerprint density at radius 3 is 2.31 bits per heavy atom. The van der Waals surface area contributed by atoms with Crippen molar-refractivity contribution >= 4 is 20.7 Å². The molecule has 0 amide bonds. The van der Waals surface area contributed by atoms with Gasteiger partial charge >= 0.3 is 0 Å². The van der Waals surface area contributed by atoms with E-state index in [9.17, 15) is 22.0 Å². The van der Waals surface area contributed by atoms with Gasteiger partial charge in [-0.05, 0) is 48.9 Å². The fourth-order valence-corrected chi connectivity index (χ4v) is 4.16. The Bertz CT molecular complexity index is 1120. The van der Waals surface area contributed by atoms with Crippen molar-refractivity contribution in [1.29, 1.82) is 0 Å². The first kappa shape index (κ1) is 18.3. The lowest BCUT2D eigenvalue weighted by molar-refractivity contribution is 0.589. The molecule has 0 aliphatic rings. The van der Waals surface area contributed by atoms with Crippen LogP contribution >= 0.6 is 0 Å². The van der Waals surface area contributed by atoms with E-state index in [0.717, 1.165) is 43.2 Å². The van der Waals surface area contributed by atoms with Gasteiger partial charge < -0.3 is 4.57 Å². The highest BCUT2D eigenvalue weighted by Gasteiger charge is 2.24. The summed E-state index contributed by atoms with van der Waals surface area (Å²) in [6.07, 6.45) is 2.93. The van der Waals surface area contributed by atoms with Crippen LogP contribution in [0.1, 0.15) is 19.8 Å². The maximum Gasteiger partial charge on any atom is 0.211 e. The molecule has 0 saturated heterocycles. The second-order valence-electron chi connectivity index (χ2n) is 5.99. The molecule has 0 unspecified atom stereocenters. The van der Waals surface area contributed by atoms with Crippen molar-refractivity contribution in [2.45, 2.75) is 36.1 Å². The van der Waals surface area contributed by atoms with E-state index < -0.39 is 31.8 Å². The number of aryl methyl sites for hydroxylation is 1. The Labute approximate surface area is 149 Å². The third-order valence-electron chi connectivity index (χ3n) is 4.18. The van der Waals surface area contributed by atoms with E-state index >= 15 is 0 Å². The predicted octanol–water partition coefficient (Wildman–Crippen LogP) is 3.91. The molecule has 4 nitrogen and oxygen atoms in total. The van der Waals surface area contributed by atoms with Crippen LogP contribution in [-0.4, -0.2) is 13.0 Å². The molecule has 1 heterocycles. The molecule has 0 aliphatic heterocycles. The number of fused-ring (bicyclic) bond motifs is 1. The number of hydrogen-bond donors (Lipinski definition) is 0. The number of pyridine rings is 1. The van der Waals surface area contributed by atoms with Crippen molar-refractivity contribution in [1.82, 2.24) is 4.57 Å². The van der Waals surface area contributed by atoms with Crippen molar-refractivity contribution < 1.29 is 17.2 Å². The lowest BCUT2D eigenvalue weighted by Gasteiger charge is -2.13. The molecule has 0 bridgehead atoms. The van der Waals surface area contributed by atoms with Gasteiger partial charge in [-0.1, -0.05) is 13.3 Å². The van der Waals surface area contributed by atoms with Crippen LogP contribution in [0.15, 0.2) is 63.2 Å². The summed E-state index contributed by atoms with van der Waals surface area (Å²) >= 11 is 0. The summed E-state index contributed by atoms with van der Waals surface area (Å²) in [6, 6.07) is 8.00. The van der Waals surface area contributed by atoms with Crippen LogP contribution in [0.3, 0.4) is 0 Å². The third kappa shape index (κ3) is 3.26. The first-order chi connectivity index (χ1) is 12.3. The van der Waals surface area contributed by atoms with Crippen molar-refractivity contribution in [2.24, 2.45) is 0 Å². The van der Waals surface area contributed by atoms with Gasteiger partial charge in [0.2, 0.25) is 15.3 Å². The largest absolute Gasteiger partial charge is 0.346 e. The van der Waals surface area contributed by atoms with Crippen LogP contribution in [0.2, 0.25) is 0 Å². The van der Waals surface area contributed by atoms with Gasteiger partial charge in [-0.3, -0.25) is 4.79 Å². The van der Waals surface area contributed by atoms with E-state index in [0.29, 0.717) is 12.1 Å². The summed E-state index contributed by atoms with van der Waals surface area (Å²) in [5.41, 5.74) is -0.292. The molecule has 7 heteroatoms. The molecule has 3 rings (SSSR count). The number of benzene rings is 2. The molecule has 0 saturated carbocycles. The van der Waals surface area contributed by atoms with Crippen molar-refractivity contribution in [2.75, 3.05) is 0 Å². The molecule has 0 radical (unpaired) electrons. The molecule has 2 aromatic carbocycles. The fraction of sp³-hybridized carbons (Fsp3) is 0.211. The summed E-state index contributed by atoms with van der Waals surface area (Å²) in [5, 5.41) is 0.00397. The molecule has 0 spiro atoms. The van der Waals surface area contributed by atoms with Crippen molar-refractivity contribution in [3.8, 4) is 0 Å². The van der Waals surface area contributed by atoms with Crippen molar-refractivity contribution in [3.05, 3.63) is 70.5 Å². The molecule has 26 heavy (non-hydrogen) atoms. The van der Waals surface area contributed by atoms with Crippen LogP contribution in [0, 0.1) is 11.6 Å². The van der Waals surface area contributed by atoms with Gasteiger partial charge in [-0.25, -0.2) is 17.2 Å². The zero-order valence-electron chi connectivity index (χ0n) is 14.1. The Morgan fingerprint density at radius 2 is 1.65 bits per heavy atom. The van der Waals surface area contributed by atoms with E-state index in [1.807, 2.05) is 6.92 Å². The number of rotatable bonds is 5. The summed E-state index contributed by atoms with van der Waals surface area (Å²) in [7, 11) is -4.16. The number of aromatic nitrogens is 1. The fourth-order valence-electron chi connectivity index (χ4n) is 2.79. The number of hydrogen-bond acceptors (Lipinski definition) is 3. The number of unbranched alkanes of at least 4 members (excludes halogenated alkanes) is 1. The average Bonchev–Trinajstić information content (AvgIpc) is 2.61. The molecular formula is C19H17F2NO3S. The van der Waals surface area contributed by atoms with Crippen LogP contribution in [-0.2, 0) is 16.4 Å².